The Bertz CT molecular complexity index is 468. The normalized spacial score (nSPS) is 11.4. The molecule has 17 heavy (non-hydrogen) atoms. The number of rotatable bonds is 6. The van der Waals surface area contributed by atoms with Gasteiger partial charge >= 0.3 is 0 Å². The summed E-state index contributed by atoms with van der Waals surface area (Å²) in [5.41, 5.74) is 1.18. The third-order valence-corrected chi connectivity index (χ3v) is 2.86. The average Bonchev–Trinajstić information content (AvgIpc) is 2.99. The molecule has 2 rings (SSSR count). The van der Waals surface area contributed by atoms with Crippen molar-refractivity contribution in [1.82, 2.24) is 10.1 Å². The minimum Gasteiger partial charge on any atom is -0.368 e. The van der Waals surface area contributed by atoms with Crippen molar-refractivity contribution < 1.29 is 9.26 Å². The van der Waals surface area contributed by atoms with Crippen LogP contribution in [0.2, 0.25) is 0 Å². The molecule has 4 nitrogen and oxygen atoms in total. The summed E-state index contributed by atoms with van der Waals surface area (Å²) in [5, 5.41) is 7.76. The molecule has 0 N–H and O–H groups in total. The minimum absolute atomic E-state index is 0.252. The molecule has 0 bridgehead atoms. The molecule has 6 heteroatoms. The first-order valence-electron chi connectivity index (χ1n) is 5.02. The molecule has 0 saturated carbocycles. The van der Waals surface area contributed by atoms with Crippen LogP contribution in [-0.4, -0.2) is 16.7 Å². The molecule has 0 aromatic carbocycles. The second-order valence-electron chi connectivity index (χ2n) is 3.21. The van der Waals surface area contributed by atoms with Gasteiger partial charge in [0.15, 0.2) is 5.82 Å². The zero-order valence-corrected chi connectivity index (χ0v) is 10.6. The molecule has 0 aliphatic heterocycles. The topological polar surface area (TPSA) is 48.2 Å². The van der Waals surface area contributed by atoms with Crippen LogP contribution in [0.1, 0.15) is 17.3 Å². The maximum atomic E-state index is 5.55. The Balaban J connectivity index is 1.69. The monoisotopic (exact) mass is 270 g/mol. The molecule has 2 heterocycles. The highest BCUT2D eigenvalue weighted by atomic mass is 35.5. The lowest BCUT2D eigenvalue weighted by atomic mass is 10.3. The van der Waals surface area contributed by atoms with Gasteiger partial charge in [-0.2, -0.15) is 16.3 Å². The highest BCUT2D eigenvalue weighted by molar-refractivity contribution is 7.08. The number of hydrogen-bond acceptors (Lipinski definition) is 5. The van der Waals surface area contributed by atoms with Crippen LogP contribution in [-0.2, 0) is 17.2 Å². The SMILES string of the molecule is ClCc1noc(COCC=Cc2ccsc2)n1. The van der Waals surface area contributed by atoms with E-state index >= 15 is 0 Å². The van der Waals surface area contributed by atoms with E-state index in [2.05, 4.69) is 15.5 Å². The Morgan fingerprint density at radius 2 is 2.47 bits per heavy atom. The van der Waals surface area contributed by atoms with Gasteiger partial charge in [-0.1, -0.05) is 17.3 Å². The Kier molecular flexibility index (Phi) is 4.73. The molecular formula is C11H11ClN2O2S. The van der Waals surface area contributed by atoms with E-state index in [9.17, 15) is 0 Å². The summed E-state index contributed by atoms with van der Waals surface area (Å²) in [6.45, 7) is 0.812. The second-order valence-corrected chi connectivity index (χ2v) is 4.26. The first-order chi connectivity index (χ1) is 8.38. The molecule has 2 aromatic rings. The quantitative estimate of drug-likeness (QED) is 0.598. The van der Waals surface area contributed by atoms with E-state index in [0.717, 1.165) is 0 Å². The zero-order chi connectivity index (χ0) is 11.9. The van der Waals surface area contributed by atoms with Gasteiger partial charge < -0.3 is 9.26 Å². The first kappa shape index (κ1) is 12.3. The predicted molar refractivity (Wildman–Crippen MR) is 66.9 cm³/mol. The molecule has 0 unspecified atom stereocenters. The third-order valence-electron chi connectivity index (χ3n) is 1.92. The molecule has 0 amide bonds. The number of alkyl halides is 1. The van der Waals surface area contributed by atoms with Crippen LogP contribution in [0, 0.1) is 0 Å². The van der Waals surface area contributed by atoms with Crippen LogP contribution >= 0.6 is 22.9 Å². The van der Waals surface area contributed by atoms with Crippen molar-refractivity contribution in [3.8, 4) is 0 Å². The number of nitrogens with zero attached hydrogens (tertiary/aromatic N) is 2. The molecule has 0 radical (unpaired) electrons. The van der Waals surface area contributed by atoms with Crippen LogP contribution in [0.25, 0.3) is 6.08 Å². The van der Waals surface area contributed by atoms with E-state index < -0.39 is 0 Å². The van der Waals surface area contributed by atoms with Crippen LogP contribution in [0.15, 0.2) is 27.4 Å². The molecule has 0 fully saturated rings. The Morgan fingerprint density at radius 3 is 3.18 bits per heavy atom. The standard InChI is InChI=1S/C11H11ClN2O2S/c12-6-10-13-11(16-14-10)7-15-4-1-2-9-3-5-17-8-9/h1-3,5,8H,4,6-7H2. The summed E-state index contributed by atoms with van der Waals surface area (Å²) >= 11 is 7.21. The van der Waals surface area contributed by atoms with Crippen molar-refractivity contribution in [1.29, 1.82) is 0 Å². The smallest absolute Gasteiger partial charge is 0.252 e. The molecule has 0 aliphatic carbocycles. The lowest BCUT2D eigenvalue weighted by Gasteiger charge is -1.94. The van der Waals surface area contributed by atoms with Gasteiger partial charge in [0.05, 0.1) is 12.5 Å². The summed E-state index contributed by atoms with van der Waals surface area (Å²) in [6, 6.07) is 2.05. The van der Waals surface area contributed by atoms with Crippen molar-refractivity contribution in [2.75, 3.05) is 6.61 Å². The average molecular weight is 271 g/mol. The summed E-state index contributed by atoms with van der Waals surface area (Å²) < 4.78 is 10.3. The molecule has 0 spiro atoms. The van der Waals surface area contributed by atoms with E-state index in [1.165, 1.54) is 5.56 Å². The van der Waals surface area contributed by atoms with Crippen molar-refractivity contribution in [3.63, 3.8) is 0 Å². The minimum atomic E-state index is 0.252. The van der Waals surface area contributed by atoms with E-state index in [4.69, 9.17) is 20.9 Å². The summed E-state index contributed by atoms with van der Waals surface area (Å²) in [6.07, 6.45) is 3.95. The highest BCUT2D eigenvalue weighted by Gasteiger charge is 2.03. The molecule has 0 atom stereocenters. The lowest BCUT2D eigenvalue weighted by Crippen LogP contribution is -1.93. The van der Waals surface area contributed by atoms with E-state index in [0.29, 0.717) is 24.9 Å². The largest absolute Gasteiger partial charge is 0.368 e. The zero-order valence-electron chi connectivity index (χ0n) is 9.01. The van der Waals surface area contributed by atoms with Crippen LogP contribution < -0.4 is 0 Å². The lowest BCUT2D eigenvalue weighted by molar-refractivity contribution is 0.121. The molecule has 90 valence electrons. The van der Waals surface area contributed by atoms with Gasteiger partial charge in [-0.05, 0) is 22.4 Å². The molecule has 0 aliphatic rings. The van der Waals surface area contributed by atoms with Gasteiger partial charge in [-0.15, -0.1) is 11.6 Å². The maximum absolute atomic E-state index is 5.55. The van der Waals surface area contributed by atoms with Gasteiger partial charge in [0.25, 0.3) is 5.89 Å². The van der Waals surface area contributed by atoms with Gasteiger partial charge in [-0.3, -0.25) is 0 Å². The summed E-state index contributed by atoms with van der Waals surface area (Å²) in [4.78, 5) is 4.02. The Labute approximate surface area is 108 Å². The molecular weight excluding hydrogens is 260 g/mol. The number of thiophene rings is 1. The Morgan fingerprint density at radius 1 is 1.53 bits per heavy atom. The van der Waals surface area contributed by atoms with Gasteiger partial charge in [-0.25, -0.2) is 0 Å². The summed E-state index contributed by atoms with van der Waals surface area (Å²) in [7, 11) is 0. The van der Waals surface area contributed by atoms with Gasteiger partial charge in [0.1, 0.15) is 6.61 Å². The first-order valence-corrected chi connectivity index (χ1v) is 6.50. The van der Waals surface area contributed by atoms with Gasteiger partial charge in [0.2, 0.25) is 0 Å². The van der Waals surface area contributed by atoms with Crippen molar-refractivity contribution in [3.05, 3.63) is 40.2 Å². The van der Waals surface area contributed by atoms with Crippen LogP contribution in [0.5, 0.6) is 0 Å². The van der Waals surface area contributed by atoms with E-state index in [1.54, 1.807) is 11.3 Å². The third kappa shape index (κ3) is 3.96. The molecule has 0 saturated heterocycles. The number of hydrogen-bond donors (Lipinski definition) is 0. The van der Waals surface area contributed by atoms with Gasteiger partial charge in [0, 0.05) is 0 Å². The summed E-state index contributed by atoms with van der Waals surface area (Å²) in [5.74, 6) is 1.19. The van der Waals surface area contributed by atoms with Crippen molar-refractivity contribution in [2.24, 2.45) is 0 Å². The van der Waals surface area contributed by atoms with Crippen molar-refractivity contribution >= 4 is 29.0 Å². The number of ether oxygens (including phenoxy) is 1. The molecule has 2 aromatic heterocycles. The predicted octanol–water partition coefficient (Wildman–Crippen LogP) is 3.10. The number of aromatic nitrogens is 2. The number of halogens is 1. The van der Waals surface area contributed by atoms with Crippen molar-refractivity contribution in [2.45, 2.75) is 12.5 Å². The Hall–Kier alpha value is -1.17. The van der Waals surface area contributed by atoms with E-state index in [-0.39, 0.29) is 5.88 Å². The van der Waals surface area contributed by atoms with E-state index in [1.807, 2.05) is 23.6 Å². The second kappa shape index (κ2) is 6.54. The fourth-order valence-electron chi connectivity index (χ4n) is 1.17. The maximum Gasteiger partial charge on any atom is 0.252 e. The fourth-order valence-corrected chi connectivity index (χ4v) is 1.91. The van der Waals surface area contributed by atoms with Crippen LogP contribution in [0.3, 0.4) is 0 Å². The highest BCUT2D eigenvalue weighted by Crippen LogP contribution is 2.07. The fraction of sp³-hybridized carbons (Fsp3) is 0.273. The van der Waals surface area contributed by atoms with Crippen LogP contribution in [0.4, 0.5) is 0 Å².